The van der Waals surface area contributed by atoms with E-state index in [1.165, 1.54) is 6.33 Å². The number of nitrogens with zero attached hydrogens (tertiary/aromatic N) is 3. The summed E-state index contributed by atoms with van der Waals surface area (Å²) in [5.74, 6) is -0.441. The molecule has 0 aliphatic heterocycles. The van der Waals surface area contributed by atoms with Crippen molar-refractivity contribution in [3.63, 3.8) is 0 Å². The molecule has 0 radical (unpaired) electrons. The SMILES string of the molecule is CCOC(=O)[C@](C)(N=C(c1ccccc1)c1ccccc1)c1cncnc1. The third-order valence-corrected chi connectivity index (χ3v) is 4.23. The summed E-state index contributed by atoms with van der Waals surface area (Å²) in [5.41, 5.74) is 1.84. The van der Waals surface area contributed by atoms with Crippen LogP contribution in [0.25, 0.3) is 0 Å². The lowest BCUT2D eigenvalue weighted by molar-refractivity contribution is -0.149. The number of rotatable bonds is 6. The molecule has 0 saturated carbocycles. The van der Waals surface area contributed by atoms with Crippen LogP contribution in [0.5, 0.6) is 0 Å². The highest BCUT2D eigenvalue weighted by Gasteiger charge is 2.38. The van der Waals surface area contributed by atoms with Crippen LogP contribution in [0, 0.1) is 0 Å². The van der Waals surface area contributed by atoms with E-state index in [1.54, 1.807) is 26.2 Å². The maximum absolute atomic E-state index is 12.9. The molecule has 0 unspecified atom stereocenters. The lowest BCUT2D eigenvalue weighted by atomic mass is 9.93. The van der Waals surface area contributed by atoms with Crippen molar-refractivity contribution in [2.75, 3.05) is 6.61 Å². The summed E-state index contributed by atoms with van der Waals surface area (Å²) in [6.07, 6.45) is 4.62. The molecule has 0 N–H and O–H groups in total. The Hall–Kier alpha value is -3.34. The van der Waals surface area contributed by atoms with E-state index in [4.69, 9.17) is 9.73 Å². The zero-order chi connectivity index (χ0) is 19.1. The van der Waals surface area contributed by atoms with Gasteiger partial charge in [0, 0.05) is 29.1 Å². The zero-order valence-electron chi connectivity index (χ0n) is 15.4. The van der Waals surface area contributed by atoms with Gasteiger partial charge in [0.25, 0.3) is 0 Å². The molecular formula is C22H21N3O2. The van der Waals surface area contributed by atoms with Gasteiger partial charge >= 0.3 is 5.97 Å². The number of aliphatic imine (C=N–C) groups is 1. The van der Waals surface area contributed by atoms with Crippen LogP contribution in [0.3, 0.4) is 0 Å². The summed E-state index contributed by atoms with van der Waals surface area (Å²) < 4.78 is 5.33. The predicted octanol–water partition coefficient (Wildman–Crippen LogP) is 3.79. The maximum Gasteiger partial charge on any atom is 0.338 e. The first kappa shape index (κ1) is 18.5. The number of hydrogen-bond donors (Lipinski definition) is 0. The summed E-state index contributed by atoms with van der Waals surface area (Å²) >= 11 is 0. The smallest absolute Gasteiger partial charge is 0.338 e. The molecule has 1 atom stereocenters. The fourth-order valence-corrected chi connectivity index (χ4v) is 2.76. The fraction of sp³-hybridized carbons (Fsp3) is 0.182. The second-order valence-electron chi connectivity index (χ2n) is 6.11. The van der Waals surface area contributed by atoms with Crippen LogP contribution in [0.1, 0.15) is 30.5 Å². The van der Waals surface area contributed by atoms with Crippen molar-refractivity contribution in [3.05, 3.63) is 96.1 Å². The van der Waals surface area contributed by atoms with Crippen LogP contribution < -0.4 is 0 Å². The van der Waals surface area contributed by atoms with Crippen molar-refractivity contribution < 1.29 is 9.53 Å². The molecule has 0 bridgehead atoms. The topological polar surface area (TPSA) is 64.4 Å². The Morgan fingerprint density at radius 2 is 1.48 bits per heavy atom. The molecule has 2 aromatic carbocycles. The third kappa shape index (κ3) is 4.08. The van der Waals surface area contributed by atoms with E-state index >= 15 is 0 Å². The van der Waals surface area contributed by atoms with Gasteiger partial charge in [0.05, 0.1) is 12.3 Å². The van der Waals surface area contributed by atoms with Crippen molar-refractivity contribution >= 4 is 11.7 Å². The molecule has 3 rings (SSSR count). The van der Waals surface area contributed by atoms with Gasteiger partial charge in [-0.15, -0.1) is 0 Å². The van der Waals surface area contributed by atoms with Crippen molar-refractivity contribution in [1.82, 2.24) is 9.97 Å². The second kappa shape index (κ2) is 8.36. The van der Waals surface area contributed by atoms with Crippen LogP contribution in [-0.4, -0.2) is 28.3 Å². The van der Waals surface area contributed by atoms with Crippen LogP contribution in [0.2, 0.25) is 0 Å². The number of carbonyl (C=O) groups is 1. The van der Waals surface area contributed by atoms with Crippen LogP contribution in [0.4, 0.5) is 0 Å². The van der Waals surface area contributed by atoms with Crippen molar-refractivity contribution in [1.29, 1.82) is 0 Å². The Kier molecular flexibility index (Phi) is 5.71. The molecular weight excluding hydrogens is 338 g/mol. The average molecular weight is 359 g/mol. The molecule has 5 nitrogen and oxygen atoms in total. The first-order valence-electron chi connectivity index (χ1n) is 8.78. The Balaban J connectivity index is 2.22. The number of esters is 1. The molecule has 0 spiro atoms. The molecule has 0 saturated heterocycles. The number of hydrogen-bond acceptors (Lipinski definition) is 5. The third-order valence-electron chi connectivity index (χ3n) is 4.23. The minimum Gasteiger partial charge on any atom is -0.464 e. The number of benzene rings is 2. The lowest BCUT2D eigenvalue weighted by Crippen LogP contribution is -2.34. The molecule has 3 aromatic rings. The minimum atomic E-state index is -1.27. The van der Waals surface area contributed by atoms with Crippen molar-refractivity contribution in [2.45, 2.75) is 19.4 Å². The van der Waals surface area contributed by atoms with Gasteiger partial charge < -0.3 is 4.74 Å². The lowest BCUT2D eigenvalue weighted by Gasteiger charge is -2.24. The molecule has 5 heteroatoms. The van der Waals surface area contributed by atoms with E-state index in [0.29, 0.717) is 11.3 Å². The van der Waals surface area contributed by atoms with Gasteiger partial charge in [-0.2, -0.15) is 0 Å². The fourth-order valence-electron chi connectivity index (χ4n) is 2.76. The minimum absolute atomic E-state index is 0.268. The van der Waals surface area contributed by atoms with E-state index in [9.17, 15) is 4.79 Å². The van der Waals surface area contributed by atoms with Gasteiger partial charge in [-0.3, -0.25) is 4.99 Å². The van der Waals surface area contributed by atoms with Gasteiger partial charge in [-0.05, 0) is 13.8 Å². The Morgan fingerprint density at radius 1 is 0.963 bits per heavy atom. The van der Waals surface area contributed by atoms with Gasteiger partial charge in [0.1, 0.15) is 6.33 Å². The number of carbonyl (C=O) groups excluding carboxylic acids is 1. The zero-order valence-corrected chi connectivity index (χ0v) is 15.4. The summed E-state index contributed by atoms with van der Waals surface area (Å²) in [7, 11) is 0. The highest BCUT2D eigenvalue weighted by molar-refractivity contribution is 6.13. The molecule has 136 valence electrons. The quantitative estimate of drug-likeness (QED) is 0.496. The van der Waals surface area contributed by atoms with E-state index in [0.717, 1.165) is 11.1 Å². The van der Waals surface area contributed by atoms with Crippen LogP contribution in [0.15, 0.2) is 84.4 Å². The molecule has 0 fully saturated rings. The summed E-state index contributed by atoms with van der Waals surface area (Å²) in [4.78, 5) is 25.9. The Morgan fingerprint density at radius 3 is 1.96 bits per heavy atom. The van der Waals surface area contributed by atoms with E-state index in [1.807, 2.05) is 60.7 Å². The monoisotopic (exact) mass is 359 g/mol. The number of ether oxygens (including phenoxy) is 1. The number of aromatic nitrogens is 2. The van der Waals surface area contributed by atoms with Gasteiger partial charge in [0.15, 0.2) is 5.54 Å². The van der Waals surface area contributed by atoms with Crippen molar-refractivity contribution in [2.24, 2.45) is 4.99 Å². The largest absolute Gasteiger partial charge is 0.464 e. The summed E-state index contributed by atoms with van der Waals surface area (Å²) in [6, 6.07) is 19.6. The first-order valence-corrected chi connectivity index (χ1v) is 8.78. The van der Waals surface area contributed by atoms with E-state index < -0.39 is 11.5 Å². The molecule has 27 heavy (non-hydrogen) atoms. The van der Waals surface area contributed by atoms with E-state index in [-0.39, 0.29) is 6.61 Å². The van der Waals surface area contributed by atoms with E-state index in [2.05, 4.69) is 9.97 Å². The van der Waals surface area contributed by atoms with Crippen LogP contribution in [-0.2, 0) is 15.1 Å². The Labute approximate surface area is 158 Å². The average Bonchev–Trinajstić information content (AvgIpc) is 2.74. The molecule has 0 aliphatic carbocycles. The maximum atomic E-state index is 12.9. The molecule has 0 amide bonds. The Bertz CT molecular complexity index is 871. The predicted molar refractivity (Wildman–Crippen MR) is 105 cm³/mol. The standard InChI is InChI=1S/C22H21N3O2/c1-3-27-21(26)22(2,19-14-23-16-24-15-19)25-20(17-10-6-4-7-11-17)18-12-8-5-9-13-18/h4-16H,3H2,1-2H3/t22-/m1/s1. The van der Waals surface area contributed by atoms with Gasteiger partial charge in [-0.1, -0.05) is 60.7 Å². The highest BCUT2D eigenvalue weighted by Crippen LogP contribution is 2.28. The summed E-state index contributed by atoms with van der Waals surface area (Å²) in [6.45, 7) is 3.78. The second-order valence-corrected chi connectivity index (χ2v) is 6.11. The highest BCUT2D eigenvalue weighted by atomic mass is 16.5. The molecule has 0 aliphatic rings. The van der Waals surface area contributed by atoms with Crippen molar-refractivity contribution in [3.8, 4) is 0 Å². The van der Waals surface area contributed by atoms with Gasteiger partial charge in [-0.25, -0.2) is 14.8 Å². The first-order chi connectivity index (χ1) is 13.1. The van der Waals surface area contributed by atoms with Crippen LogP contribution >= 0.6 is 0 Å². The van der Waals surface area contributed by atoms with Gasteiger partial charge in [0.2, 0.25) is 0 Å². The summed E-state index contributed by atoms with van der Waals surface area (Å²) in [5, 5.41) is 0. The molecule has 1 aromatic heterocycles. The normalized spacial score (nSPS) is 12.7. The molecule has 1 heterocycles.